The zero-order valence-electron chi connectivity index (χ0n) is 70.7. The molecule has 6 heteroatoms. The van der Waals surface area contributed by atoms with Gasteiger partial charge in [-0.3, -0.25) is 0 Å². The van der Waals surface area contributed by atoms with E-state index in [0.717, 1.165) is 20.2 Å². The standard InChI is InChI=1S/C72H58N4Si2/c1-77(2,3)51-35-39-63-59(43-51)69-65(73(49-27-15-9-16-28-49)61-33-21-19-31-53(61)47-23-11-7-12-24-47)41-37-55-57-46-68-58(45-67(57)75(63)71(55)69)56-38-42-66(70-60-44-52(78(4,5)6)36-40-64(60)76(68)72(56)70)74(50-29-17-10-18-30-50)62-34-22-20-32-54(62)48-25-13-8-14-26-48/h7-46H,1-6H3/i7D,8D,9D,10D,11D,12D,13D,14D,15D,16D,17D,18D,19D,20D,21D,22D,23D,24D,25D,26D,27D,28D,29D,30D,31D,32D,33D,34D. The SMILES string of the molecule is [2H]c1c([2H])c([2H])c(-c2c([2H])c([2H])c([2H])c([2H])c2N(c2c([2H])c([2H])c([2H])c([2H])c2[2H])c2ccc3c4cc5c(cc4n4c6ccc([Si](C)(C)C)cc6c2c34)c2ccc(N(c3c([2H])c([2H])c([2H])c([2H])c3[2H])c3c([2H])c([2H])c([2H])c([2H])c3-c3c([2H])c([2H])c([2H])c([2H])c3[2H])c3c4cc([Si](C)(C)C)ccc4n5c23)c([2H])c1[2H]. The molecule has 4 aromatic heterocycles. The summed E-state index contributed by atoms with van der Waals surface area (Å²) >= 11 is 0. The van der Waals surface area contributed by atoms with E-state index < -0.39 is 230 Å². The molecule has 0 aliphatic rings. The van der Waals surface area contributed by atoms with Crippen molar-refractivity contribution in [2.75, 3.05) is 9.80 Å². The lowest BCUT2D eigenvalue weighted by molar-refractivity contribution is 1.30. The van der Waals surface area contributed by atoms with E-state index in [2.05, 4.69) is 39.3 Å². The van der Waals surface area contributed by atoms with Crippen LogP contribution in [0.3, 0.4) is 0 Å². The monoisotopic (exact) mass is 1060 g/mol. The topological polar surface area (TPSA) is 15.3 Å². The average Bonchev–Trinajstić information content (AvgIpc) is 1.50. The Labute approximate surface area is 496 Å². The predicted molar refractivity (Wildman–Crippen MR) is 342 cm³/mol. The first-order chi connectivity index (χ1) is 49.6. The molecule has 0 unspecified atom stereocenters. The van der Waals surface area contributed by atoms with E-state index in [-0.39, 0.29) is 11.4 Å². The molecule has 11 aromatic carbocycles. The van der Waals surface area contributed by atoms with Gasteiger partial charge in [-0.25, -0.2) is 0 Å². The van der Waals surface area contributed by atoms with Gasteiger partial charge in [0, 0.05) is 65.6 Å². The molecule has 0 N–H and O–H groups in total. The summed E-state index contributed by atoms with van der Waals surface area (Å²) in [6, 6.07) is -0.943. The van der Waals surface area contributed by atoms with E-state index in [4.69, 9.17) is 19.2 Å². The molecule has 0 aliphatic carbocycles. The molecule has 4 heterocycles. The summed E-state index contributed by atoms with van der Waals surface area (Å²) in [6.45, 7) is 12.8. The van der Waals surface area contributed by atoms with Gasteiger partial charge in [0.05, 0.1) is 110 Å². The third-order valence-electron chi connectivity index (χ3n) is 14.9. The molecule has 0 fully saturated rings. The summed E-state index contributed by atoms with van der Waals surface area (Å²) in [7, 11) is -4.63. The van der Waals surface area contributed by atoms with Crippen molar-refractivity contribution in [3.8, 4) is 22.3 Å². The third-order valence-corrected chi connectivity index (χ3v) is 19.0. The number of anilines is 6. The molecule has 0 aliphatic heterocycles. The minimum Gasteiger partial charge on any atom is -0.309 e. The summed E-state index contributed by atoms with van der Waals surface area (Å²) < 4.78 is 262. The number of nitrogens with zero attached hydrogens (tertiary/aromatic N) is 4. The van der Waals surface area contributed by atoms with Crippen LogP contribution in [0.25, 0.3) is 98.4 Å². The third kappa shape index (κ3) is 6.96. The van der Waals surface area contributed by atoms with Crippen LogP contribution in [0, 0.1) is 0 Å². The number of rotatable bonds is 10. The van der Waals surface area contributed by atoms with Gasteiger partial charge < -0.3 is 18.6 Å². The van der Waals surface area contributed by atoms with Gasteiger partial charge in [-0.1, -0.05) is 219 Å². The van der Waals surface area contributed by atoms with Crippen molar-refractivity contribution in [3.05, 3.63) is 242 Å². The molecule has 0 bridgehead atoms. The molecule has 0 spiro atoms. The maximum absolute atomic E-state index is 9.89. The number of hydrogen-bond donors (Lipinski definition) is 0. The first-order valence-corrected chi connectivity index (χ1v) is 32.1. The molecule has 15 aromatic rings. The van der Waals surface area contributed by atoms with E-state index in [1.54, 1.807) is 24.3 Å². The van der Waals surface area contributed by atoms with Crippen LogP contribution in [0.1, 0.15) is 38.4 Å². The highest BCUT2D eigenvalue weighted by molar-refractivity contribution is 6.89. The van der Waals surface area contributed by atoms with E-state index in [0.29, 0.717) is 76.2 Å². The number of benzene rings is 11. The zero-order chi connectivity index (χ0) is 77.0. The molecular weight excluding hydrogens is 977 g/mol. The number of aromatic nitrogens is 2. The van der Waals surface area contributed by atoms with E-state index in [9.17, 15) is 19.2 Å². The Bertz CT molecular complexity index is 6050. The van der Waals surface area contributed by atoms with Gasteiger partial charge in [0.1, 0.15) is 0 Å². The Morgan fingerprint density at radius 3 is 1.06 bits per heavy atom. The maximum Gasteiger partial charge on any atom is 0.0776 e. The van der Waals surface area contributed by atoms with Crippen LogP contribution in [-0.2, 0) is 0 Å². The molecule has 15 rings (SSSR count). The molecule has 0 saturated heterocycles. The fourth-order valence-corrected chi connectivity index (χ4v) is 13.7. The van der Waals surface area contributed by atoms with Crippen LogP contribution in [0.5, 0.6) is 0 Å². The van der Waals surface area contributed by atoms with Crippen molar-refractivity contribution in [2.24, 2.45) is 0 Å². The summed E-state index contributed by atoms with van der Waals surface area (Å²) in [5, 5.41) is 6.03. The van der Waals surface area contributed by atoms with Crippen LogP contribution >= 0.6 is 0 Å². The van der Waals surface area contributed by atoms with Gasteiger partial charge in [-0.2, -0.15) is 0 Å². The van der Waals surface area contributed by atoms with Crippen LogP contribution in [0.2, 0.25) is 39.3 Å². The van der Waals surface area contributed by atoms with Crippen LogP contribution in [0.4, 0.5) is 34.1 Å². The number of para-hydroxylation sites is 4. The van der Waals surface area contributed by atoms with Crippen molar-refractivity contribution < 1.29 is 38.4 Å². The second-order valence-corrected chi connectivity index (χ2v) is 31.5. The number of hydrogen-bond acceptors (Lipinski definition) is 2. The molecule has 0 radical (unpaired) electrons. The fraction of sp³-hybridized carbons (Fsp3) is 0.0833. The first-order valence-electron chi connectivity index (χ1n) is 39.1. The highest BCUT2D eigenvalue weighted by Gasteiger charge is 2.31. The van der Waals surface area contributed by atoms with Crippen molar-refractivity contribution in [2.45, 2.75) is 39.3 Å². The molecule has 0 saturated carbocycles. The van der Waals surface area contributed by atoms with Gasteiger partial charge in [-0.05, 0) is 83.8 Å². The van der Waals surface area contributed by atoms with Gasteiger partial charge in [0.15, 0.2) is 0 Å². The average molecular weight is 1060 g/mol. The smallest absolute Gasteiger partial charge is 0.0776 e. The summed E-state index contributed by atoms with van der Waals surface area (Å²) in [4.78, 5) is 2.24. The normalized spacial score (nSPS) is 17.5. The van der Waals surface area contributed by atoms with Crippen LogP contribution < -0.4 is 20.2 Å². The summed E-state index contributed by atoms with van der Waals surface area (Å²) in [5.74, 6) is 0. The minimum absolute atomic E-state index is 0.00335. The molecule has 374 valence electrons. The largest absolute Gasteiger partial charge is 0.309 e. The molecular formula is C72H58N4Si2. The maximum atomic E-state index is 9.89. The Morgan fingerprint density at radius 1 is 0.321 bits per heavy atom. The number of fused-ring (bicyclic) bond motifs is 12. The lowest BCUT2D eigenvalue weighted by atomic mass is 9.99. The van der Waals surface area contributed by atoms with E-state index >= 15 is 0 Å². The fourth-order valence-electron chi connectivity index (χ4n) is 11.4. The Balaban J connectivity index is 1.12. The Hall–Kier alpha value is -8.95. The minimum atomic E-state index is -2.31. The van der Waals surface area contributed by atoms with Gasteiger partial charge in [0.2, 0.25) is 0 Å². The quantitative estimate of drug-likeness (QED) is 0.127. The first kappa shape index (κ1) is 25.9. The van der Waals surface area contributed by atoms with E-state index in [1.165, 1.54) is 0 Å². The highest BCUT2D eigenvalue weighted by atomic mass is 28.3. The van der Waals surface area contributed by atoms with Crippen molar-refractivity contribution >= 4 is 137 Å². The van der Waals surface area contributed by atoms with Crippen LogP contribution in [0.15, 0.2) is 242 Å². The lowest BCUT2D eigenvalue weighted by Crippen LogP contribution is -2.37. The second-order valence-electron chi connectivity index (χ2n) is 21.3. The lowest BCUT2D eigenvalue weighted by Gasteiger charge is -2.29. The van der Waals surface area contributed by atoms with Gasteiger partial charge >= 0.3 is 0 Å². The predicted octanol–water partition coefficient (Wildman–Crippen LogP) is 19.4. The van der Waals surface area contributed by atoms with Gasteiger partial charge in [0.25, 0.3) is 0 Å². The van der Waals surface area contributed by atoms with Gasteiger partial charge in [-0.15, -0.1) is 0 Å². The molecule has 0 atom stereocenters. The Morgan fingerprint density at radius 2 is 0.679 bits per heavy atom. The molecule has 4 nitrogen and oxygen atoms in total. The zero-order valence-corrected chi connectivity index (χ0v) is 44.7. The molecule has 78 heavy (non-hydrogen) atoms. The van der Waals surface area contributed by atoms with Crippen LogP contribution in [-0.4, -0.2) is 24.9 Å². The summed E-state index contributed by atoms with van der Waals surface area (Å²) in [6.07, 6.45) is 0. The second kappa shape index (κ2) is 17.3. The Kier molecular flexibility index (Phi) is 5.75. The summed E-state index contributed by atoms with van der Waals surface area (Å²) in [5.41, 5.74) is -1.69. The van der Waals surface area contributed by atoms with Crippen molar-refractivity contribution in [1.82, 2.24) is 8.80 Å². The van der Waals surface area contributed by atoms with E-state index in [1.807, 2.05) is 57.3 Å². The van der Waals surface area contributed by atoms with Crippen molar-refractivity contribution in [3.63, 3.8) is 0 Å². The van der Waals surface area contributed by atoms with Crippen molar-refractivity contribution in [1.29, 1.82) is 0 Å². The highest BCUT2D eigenvalue weighted by Crippen LogP contribution is 2.53. The molecule has 0 amide bonds.